The van der Waals surface area contributed by atoms with Gasteiger partial charge in [0.25, 0.3) is 5.56 Å². The summed E-state index contributed by atoms with van der Waals surface area (Å²) in [5.74, 6) is 0.238. The van der Waals surface area contributed by atoms with Crippen LogP contribution in [0.4, 0.5) is 0 Å². The Morgan fingerprint density at radius 2 is 1.63 bits per heavy atom. The Morgan fingerprint density at radius 1 is 0.942 bits per heavy atom. The Hall–Kier alpha value is -4.81. The third kappa shape index (κ3) is 7.83. The Bertz CT molecular complexity index is 2200. The number of methoxy groups -OCH3 is 2. The smallest absolute Gasteiger partial charge is 0.312 e. The molecule has 2 aromatic carbocycles. The van der Waals surface area contributed by atoms with Crippen molar-refractivity contribution in [2.75, 3.05) is 27.3 Å². The van der Waals surface area contributed by atoms with Crippen LogP contribution >= 0.6 is 23.2 Å². The summed E-state index contributed by atoms with van der Waals surface area (Å²) in [6, 6.07) is 19.1. The minimum absolute atomic E-state index is 0.0886. The Labute approximate surface area is 311 Å². The van der Waals surface area contributed by atoms with Crippen molar-refractivity contribution in [2.45, 2.75) is 45.8 Å². The fourth-order valence-electron chi connectivity index (χ4n) is 6.30. The molecule has 1 aliphatic rings. The van der Waals surface area contributed by atoms with Gasteiger partial charge in [0.15, 0.2) is 0 Å². The number of fused-ring (bicyclic) bond motifs is 1. The minimum atomic E-state index is -0.741. The lowest BCUT2D eigenvalue weighted by Crippen LogP contribution is -2.37. The van der Waals surface area contributed by atoms with Gasteiger partial charge in [0.05, 0.1) is 35.4 Å². The van der Waals surface area contributed by atoms with E-state index in [1.54, 1.807) is 33.4 Å². The number of nitrogens with one attached hydrogen (secondary N) is 3. The highest BCUT2D eigenvalue weighted by Gasteiger charge is 2.28. The van der Waals surface area contributed by atoms with Crippen molar-refractivity contribution < 1.29 is 19.1 Å². The van der Waals surface area contributed by atoms with Crippen LogP contribution in [0.1, 0.15) is 37.8 Å². The Kier molecular flexibility index (Phi) is 11.3. The third-order valence-corrected chi connectivity index (χ3v) is 10.0. The molecule has 0 saturated carbocycles. The van der Waals surface area contributed by atoms with Crippen LogP contribution in [0.15, 0.2) is 77.9 Å². The van der Waals surface area contributed by atoms with Gasteiger partial charge in [-0.1, -0.05) is 65.7 Å². The van der Waals surface area contributed by atoms with Crippen LogP contribution in [-0.2, 0) is 27.4 Å². The van der Waals surface area contributed by atoms with Gasteiger partial charge in [0, 0.05) is 84.4 Å². The second-order valence-electron chi connectivity index (χ2n) is 13.3. The van der Waals surface area contributed by atoms with Crippen molar-refractivity contribution in [3.05, 3.63) is 105 Å². The average molecular weight is 744 g/mol. The summed E-state index contributed by atoms with van der Waals surface area (Å²) in [6.45, 7) is 5.33. The fourth-order valence-corrected chi connectivity index (χ4v) is 6.96. The first kappa shape index (κ1) is 37.0. The summed E-state index contributed by atoms with van der Waals surface area (Å²) >= 11 is 14.2. The number of carbonyl (C=O) groups excluding carboxylic acids is 2. The molecule has 0 radical (unpaired) electrons. The number of esters is 1. The van der Waals surface area contributed by atoms with E-state index in [-0.39, 0.29) is 30.0 Å². The lowest BCUT2D eigenvalue weighted by Gasteiger charge is -2.21. The monoisotopic (exact) mass is 742 g/mol. The molecule has 52 heavy (non-hydrogen) atoms. The van der Waals surface area contributed by atoms with Crippen LogP contribution in [0, 0.1) is 5.41 Å². The molecule has 13 heteroatoms. The summed E-state index contributed by atoms with van der Waals surface area (Å²) in [6.07, 6.45) is 4.62. The first-order valence-corrected chi connectivity index (χ1v) is 17.7. The highest BCUT2D eigenvalue weighted by atomic mass is 35.5. The molecule has 0 aliphatic carbocycles. The molecule has 0 unspecified atom stereocenters. The molecule has 3 N–H and O–H groups in total. The Balaban J connectivity index is 1.22. The number of aromatic nitrogens is 3. The van der Waals surface area contributed by atoms with Crippen LogP contribution in [-0.4, -0.2) is 59.6 Å². The summed E-state index contributed by atoms with van der Waals surface area (Å²) in [5, 5.41) is 10.5. The van der Waals surface area contributed by atoms with Crippen LogP contribution < -0.4 is 26.2 Å². The molecule has 1 aliphatic heterocycles. The van der Waals surface area contributed by atoms with Crippen molar-refractivity contribution in [3.8, 4) is 39.4 Å². The van der Waals surface area contributed by atoms with Crippen molar-refractivity contribution in [1.29, 1.82) is 0 Å². The van der Waals surface area contributed by atoms with Crippen LogP contribution in [0.2, 0.25) is 10.0 Å². The lowest BCUT2D eigenvalue weighted by molar-refractivity contribution is -0.150. The maximum Gasteiger partial charge on any atom is 0.312 e. The van der Waals surface area contributed by atoms with Gasteiger partial charge >= 0.3 is 5.97 Å². The van der Waals surface area contributed by atoms with Crippen molar-refractivity contribution in [1.82, 2.24) is 30.3 Å². The third-order valence-electron chi connectivity index (χ3n) is 9.20. The standard InChI is InChI=1S/C39H40Cl2N6O5/c1-39(2,38(50)52-4)22-43-19-25-20-44-32-17-23(15-16-47(32)37(25)49)27-7-5-8-28(34(27)40)29-9-6-10-30(35(29)41)31-13-11-24(36(46-31)51-3)18-42-21-26-12-14-33(48)45-26/h5-11,13,15-17,20,26,42-43H,12,14,18-19,21-22H2,1-4H3,(H,45,48)/t26-/m0/s1. The number of ether oxygens (including phenoxy) is 2. The molecule has 6 rings (SSSR count). The van der Waals surface area contributed by atoms with E-state index in [1.807, 2.05) is 60.7 Å². The van der Waals surface area contributed by atoms with Gasteiger partial charge in [-0.3, -0.25) is 18.8 Å². The van der Waals surface area contributed by atoms with E-state index in [4.69, 9.17) is 37.7 Å². The first-order valence-electron chi connectivity index (χ1n) is 16.9. The van der Waals surface area contributed by atoms with Gasteiger partial charge < -0.3 is 25.4 Å². The van der Waals surface area contributed by atoms with Gasteiger partial charge in [0.2, 0.25) is 11.8 Å². The van der Waals surface area contributed by atoms with E-state index < -0.39 is 5.41 Å². The number of halogens is 2. The number of nitrogens with zero attached hydrogens (tertiary/aromatic N) is 3. The fraction of sp³-hybridized carbons (Fsp3) is 0.308. The van der Waals surface area contributed by atoms with Crippen molar-refractivity contribution in [3.63, 3.8) is 0 Å². The number of hydrogen-bond acceptors (Lipinski definition) is 9. The van der Waals surface area contributed by atoms with E-state index in [1.165, 1.54) is 11.5 Å². The topological polar surface area (TPSA) is 136 Å². The van der Waals surface area contributed by atoms with Gasteiger partial charge in [0.1, 0.15) is 5.65 Å². The molecular formula is C39H40Cl2N6O5. The molecule has 0 bridgehead atoms. The second kappa shape index (κ2) is 15.8. The number of pyridine rings is 2. The maximum absolute atomic E-state index is 13.3. The van der Waals surface area contributed by atoms with Crippen molar-refractivity contribution in [2.24, 2.45) is 5.41 Å². The quantitative estimate of drug-likeness (QED) is 0.123. The van der Waals surface area contributed by atoms with Crippen LogP contribution in [0.3, 0.4) is 0 Å². The largest absolute Gasteiger partial charge is 0.481 e. The van der Waals surface area contributed by atoms with Crippen LogP contribution in [0.5, 0.6) is 5.88 Å². The minimum Gasteiger partial charge on any atom is -0.481 e. The van der Waals surface area contributed by atoms with Crippen molar-refractivity contribution >= 4 is 40.7 Å². The van der Waals surface area contributed by atoms with E-state index in [0.717, 1.165) is 39.8 Å². The Morgan fingerprint density at radius 3 is 2.33 bits per heavy atom. The van der Waals surface area contributed by atoms with Gasteiger partial charge in [-0.25, -0.2) is 9.97 Å². The first-order chi connectivity index (χ1) is 25.0. The number of rotatable bonds is 13. The zero-order chi connectivity index (χ0) is 37.0. The molecule has 270 valence electrons. The number of carbonyl (C=O) groups is 2. The predicted octanol–water partition coefficient (Wildman–Crippen LogP) is 6.06. The summed E-state index contributed by atoms with van der Waals surface area (Å²) in [5.41, 5.74) is 5.24. The van der Waals surface area contributed by atoms with Gasteiger partial charge in [-0.2, -0.15) is 0 Å². The lowest BCUT2D eigenvalue weighted by atomic mass is 9.94. The predicted molar refractivity (Wildman–Crippen MR) is 203 cm³/mol. The average Bonchev–Trinajstić information content (AvgIpc) is 3.57. The molecule has 11 nitrogen and oxygen atoms in total. The normalized spacial score (nSPS) is 14.4. The molecule has 0 spiro atoms. The summed E-state index contributed by atoms with van der Waals surface area (Å²) in [4.78, 5) is 46.2. The molecule has 1 amide bonds. The molecule has 1 saturated heterocycles. The van der Waals surface area contributed by atoms with E-state index in [2.05, 4.69) is 20.9 Å². The molecule has 4 heterocycles. The molecule has 1 atom stereocenters. The number of amides is 1. The zero-order valence-corrected chi connectivity index (χ0v) is 30.9. The summed E-state index contributed by atoms with van der Waals surface area (Å²) in [7, 11) is 2.94. The SMILES string of the molecule is COC(=O)C(C)(C)CNCc1cnc2cc(-c3cccc(-c4cccc(-c5ccc(CNC[C@@H]6CCC(=O)N6)c(OC)n5)c4Cl)c3Cl)ccn2c1=O. The maximum atomic E-state index is 13.3. The van der Waals surface area contributed by atoms with Gasteiger partial charge in [-0.05, 0) is 44.0 Å². The van der Waals surface area contributed by atoms with E-state index >= 15 is 0 Å². The highest BCUT2D eigenvalue weighted by Crippen LogP contribution is 2.42. The highest BCUT2D eigenvalue weighted by molar-refractivity contribution is 6.39. The zero-order valence-electron chi connectivity index (χ0n) is 29.4. The number of hydrogen-bond donors (Lipinski definition) is 3. The van der Waals surface area contributed by atoms with E-state index in [9.17, 15) is 14.4 Å². The molecule has 5 aromatic rings. The summed E-state index contributed by atoms with van der Waals surface area (Å²) < 4.78 is 12.0. The number of benzene rings is 2. The van der Waals surface area contributed by atoms with Crippen LogP contribution in [0.25, 0.3) is 39.2 Å². The molecule has 1 fully saturated rings. The van der Waals surface area contributed by atoms with E-state index in [0.29, 0.717) is 58.9 Å². The second-order valence-corrected chi connectivity index (χ2v) is 14.1. The molecule has 3 aromatic heterocycles. The molecular weight excluding hydrogens is 703 g/mol. The van der Waals surface area contributed by atoms with Gasteiger partial charge in [-0.15, -0.1) is 0 Å².